The SMILES string of the molecule is N#Cc1ccccc1N1CC[C@@](O)(C(=O)NCc2cc(F)cc(Cl)c2)C1=O. The van der Waals surface area contributed by atoms with Crippen LogP contribution in [0.1, 0.15) is 17.5 Å². The number of aliphatic hydroxyl groups is 1. The lowest BCUT2D eigenvalue weighted by molar-refractivity contribution is -0.149. The van der Waals surface area contributed by atoms with Crippen LogP contribution in [0.2, 0.25) is 5.02 Å². The molecule has 0 spiro atoms. The van der Waals surface area contributed by atoms with Gasteiger partial charge in [-0.15, -0.1) is 0 Å². The van der Waals surface area contributed by atoms with E-state index in [1.165, 1.54) is 17.0 Å². The highest BCUT2D eigenvalue weighted by Crippen LogP contribution is 2.30. The third-order valence-corrected chi connectivity index (χ3v) is 4.58. The van der Waals surface area contributed by atoms with E-state index in [1.54, 1.807) is 24.3 Å². The summed E-state index contributed by atoms with van der Waals surface area (Å²) in [5, 5.41) is 22.4. The summed E-state index contributed by atoms with van der Waals surface area (Å²) >= 11 is 5.77. The largest absolute Gasteiger partial charge is 0.372 e. The summed E-state index contributed by atoms with van der Waals surface area (Å²) in [6.45, 7) is -0.00603. The highest BCUT2D eigenvalue weighted by Gasteiger charge is 2.52. The lowest BCUT2D eigenvalue weighted by Crippen LogP contribution is -2.52. The molecule has 138 valence electrons. The molecule has 0 bridgehead atoms. The van der Waals surface area contributed by atoms with Gasteiger partial charge in [0.25, 0.3) is 11.8 Å². The molecule has 2 N–H and O–H groups in total. The van der Waals surface area contributed by atoms with E-state index < -0.39 is 23.2 Å². The number of para-hydroxylation sites is 1. The van der Waals surface area contributed by atoms with Gasteiger partial charge in [-0.25, -0.2) is 4.39 Å². The molecule has 3 rings (SSSR count). The van der Waals surface area contributed by atoms with Gasteiger partial charge in [0.2, 0.25) is 5.60 Å². The number of hydrogen-bond donors (Lipinski definition) is 2. The third-order valence-electron chi connectivity index (χ3n) is 4.36. The monoisotopic (exact) mass is 387 g/mol. The van der Waals surface area contributed by atoms with Gasteiger partial charge in [0.05, 0.1) is 11.3 Å². The Hall–Kier alpha value is -2.95. The van der Waals surface area contributed by atoms with E-state index >= 15 is 0 Å². The fourth-order valence-corrected chi connectivity index (χ4v) is 3.24. The zero-order chi connectivity index (χ0) is 19.6. The van der Waals surface area contributed by atoms with Crippen molar-refractivity contribution in [1.29, 1.82) is 5.26 Å². The van der Waals surface area contributed by atoms with Gasteiger partial charge in [-0.05, 0) is 35.9 Å². The fraction of sp³-hybridized carbons (Fsp3) is 0.211. The maximum atomic E-state index is 13.4. The van der Waals surface area contributed by atoms with Crippen molar-refractivity contribution in [3.63, 3.8) is 0 Å². The van der Waals surface area contributed by atoms with E-state index in [-0.39, 0.29) is 30.1 Å². The molecule has 0 aromatic heterocycles. The van der Waals surface area contributed by atoms with Crippen LogP contribution in [0.4, 0.5) is 10.1 Å². The van der Waals surface area contributed by atoms with E-state index in [0.717, 1.165) is 6.07 Å². The second kappa shape index (κ2) is 7.35. The molecule has 2 aromatic carbocycles. The Kier molecular flexibility index (Phi) is 5.13. The summed E-state index contributed by atoms with van der Waals surface area (Å²) in [5.74, 6) is -2.24. The molecule has 8 heteroatoms. The predicted molar refractivity (Wildman–Crippen MR) is 96.3 cm³/mol. The van der Waals surface area contributed by atoms with E-state index in [2.05, 4.69) is 5.32 Å². The molecule has 1 fully saturated rings. The molecule has 2 aromatic rings. The number of rotatable bonds is 4. The van der Waals surface area contributed by atoms with E-state index in [4.69, 9.17) is 11.6 Å². The number of carbonyl (C=O) groups excluding carboxylic acids is 2. The number of anilines is 1. The second-order valence-electron chi connectivity index (χ2n) is 6.16. The van der Waals surface area contributed by atoms with E-state index in [0.29, 0.717) is 11.3 Å². The molecule has 1 aliphatic rings. The highest BCUT2D eigenvalue weighted by molar-refractivity contribution is 6.30. The van der Waals surface area contributed by atoms with Crippen molar-refractivity contribution in [2.45, 2.75) is 18.6 Å². The van der Waals surface area contributed by atoms with E-state index in [9.17, 15) is 24.3 Å². The van der Waals surface area contributed by atoms with Crippen molar-refractivity contribution in [1.82, 2.24) is 5.32 Å². The van der Waals surface area contributed by atoms with Gasteiger partial charge in [0, 0.05) is 24.5 Å². The average Bonchev–Trinajstić information content (AvgIpc) is 2.95. The first-order chi connectivity index (χ1) is 12.8. The number of nitriles is 1. The Morgan fingerprint density at radius 3 is 2.81 bits per heavy atom. The molecule has 0 saturated carbocycles. The first-order valence-corrected chi connectivity index (χ1v) is 8.49. The van der Waals surface area contributed by atoms with Gasteiger partial charge in [0.1, 0.15) is 11.9 Å². The van der Waals surface area contributed by atoms with Gasteiger partial charge in [-0.2, -0.15) is 5.26 Å². The quantitative estimate of drug-likeness (QED) is 0.786. The molecule has 1 aliphatic heterocycles. The Morgan fingerprint density at radius 1 is 1.37 bits per heavy atom. The van der Waals surface area contributed by atoms with Gasteiger partial charge >= 0.3 is 0 Å². The van der Waals surface area contributed by atoms with Crippen LogP contribution >= 0.6 is 11.6 Å². The molecule has 2 amide bonds. The number of nitrogens with one attached hydrogen (secondary N) is 1. The minimum atomic E-state index is -2.25. The maximum absolute atomic E-state index is 13.4. The lowest BCUT2D eigenvalue weighted by Gasteiger charge is -2.22. The van der Waals surface area contributed by atoms with Gasteiger partial charge < -0.3 is 15.3 Å². The van der Waals surface area contributed by atoms with Crippen molar-refractivity contribution in [2.75, 3.05) is 11.4 Å². The van der Waals surface area contributed by atoms with E-state index in [1.807, 2.05) is 6.07 Å². The highest BCUT2D eigenvalue weighted by atomic mass is 35.5. The fourth-order valence-electron chi connectivity index (χ4n) is 2.99. The number of carbonyl (C=O) groups is 2. The minimum absolute atomic E-state index is 0.0905. The number of halogens is 2. The standard InChI is InChI=1S/C19H15ClFN3O3/c20-14-7-12(8-15(21)9-14)11-23-17(25)19(27)5-6-24(18(19)26)16-4-2-1-3-13(16)10-22/h1-4,7-9,27H,5-6,11H2,(H,23,25)/t19-/m1/s1. The normalized spacial score (nSPS) is 19.0. The molecule has 1 heterocycles. The summed E-state index contributed by atoms with van der Waals surface area (Å²) in [5.41, 5.74) is -1.25. The molecular formula is C19H15ClFN3O3. The minimum Gasteiger partial charge on any atom is -0.372 e. The zero-order valence-electron chi connectivity index (χ0n) is 14.1. The Morgan fingerprint density at radius 2 is 2.11 bits per heavy atom. The van der Waals surface area contributed by atoms with Crippen molar-refractivity contribution in [3.8, 4) is 6.07 Å². The Labute approximate surface area is 159 Å². The molecule has 27 heavy (non-hydrogen) atoms. The predicted octanol–water partition coefficient (Wildman–Crippen LogP) is 2.13. The summed E-state index contributed by atoms with van der Waals surface area (Å²) in [6, 6.07) is 12.2. The van der Waals surface area contributed by atoms with Crippen LogP contribution in [-0.2, 0) is 16.1 Å². The van der Waals surface area contributed by atoms with Gasteiger partial charge in [-0.3, -0.25) is 9.59 Å². The summed E-state index contributed by atoms with van der Waals surface area (Å²) in [6.07, 6.45) is -0.124. The van der Waals surface area contributed by atoms with Crippen molar-refractivity contribution < 1.29 is 19.1 Å². The summed E-state index contributed by atoms with van der Waals surface area (Å²) in [7, 11) is 0. The molecule has 6 nitrogen and oxygen atoms in total. The number of hydrogen-bond acceptors (Lipinski definition) is 4. The first-order valence-electron chi connectivity index (χ1n) is 8.12. The molecule has 1 atom stereocenters. The molecule has 0 aliphatic carbocycles. The first kappa shape index (κ1) is 18.8. The van der Waals surface area contributed by atoms with Crippen LogP contribution < -0.4 is 10.2 Å². The second-order valence-corrected chi connectivity index (χ2v) is 6.59. The van der Waals surface area contributed by atoms with Crippen LogP contribution in [0.5, 0.6) is 0 Å². The summed E-state index contributed by atoms with van der Waals surface area (Å²) < 4.78 is 13.4. The van der Waals surface area contributed by atoms with Crippen LogP contribution in [0.15, 0.2) is 42.5 Å². The van der Waals surface area contributed by atoms with Crippen LogP contribution in [0, 0.1) is 17.1 Å². The van der Waals surface area contributed by atoms with Crippen LogP contribution in [-0.4, -0.2) is 29.1 Å². The smallest absolute Gasteiger partial charge is 0.268 e. The lowest BCUT2D eigenvalue weighted by atomic mass is 10.0. The number of nitrogens with zero attached hydrogens (tertiary/aromatic N) is 2. The zero-order valence-corrected chi connectivity index (χ0v) is 14.8. The molecule has 0 radical (unpaired) electrons. The average molecular weight is 388 g/mol. The van der Waals surface area contributed by atoms with Crippen LogP contribution in [0.3, 0.4) is 0 Å². The van der Waals surface area contributed by atoms with Crippen LogP contribution in [0.25, 0.3) is 0 Å². The molecule has 0 unspecified atom stereocenters. The Bertz CT molecular complexity index is 939. The summed E-state index contributed by atoms with van der Waals surface area (Å²) in [4.78, 5) is 26.4. The van der Waals surface area contributed by atoms with Crippen molar-refractivity contribution in [3.05, 3.63) is 64.4 Å². The van der Waals surface area contributed by atoms with Gasteiger partial charge in [-0.1, -0.05) is 23.7 Å². The third kappa shape index (κ3) is 3.63. The maximum Gasteiger partial charge on any atom is 0.268 e. The Balaban J connectivity index is 1.75. The van der Waals surface area contributed by atoms with Gasteiger partial charge in [0.15, 0.2) is 0 Å². The molecule has 1 saturated heterocycles. The molecular weight excluding hydrogens is 373 g/mol. The van der Waals surface area contributed by atoms with Crippen molar-refractivity contribution >= 4 is 29.1 Å². The number of benzene rings is 2. The van der Waals surface area contributed by atoms with Crippen molar-refractivity contribution in [2.24, 2.45) is 0 Å². The number of amides is 2. The topological polar surface area (TPSA) is 93.4 Å².